The summed E-state index contributed by atoms with van der Waals surface area (Å²) in [6.07, 6.45) is 0.463. The van der Waals surface area contributed by atoms with Gasteiger partial charge in [0.1, 0.15) is 5.82 Å². The molecule has 0 aliphatic rings. The number of hydrazine groups is 1. The number of aromatic nitrogens is 1. The van der Waals surface area contributed by atoms with Crippen LogP contribution in [0.2, 0.25) is 0 Å². The minimum Gasteiger partial charge on any atom is -0.271 e. The van der Waals surface area contributed by atoms with Gasteiger partial charge in [0, 0.05) is 9.85 Å². The molecule has 1 aromatic carbocycles. The molecule has 0 spiro atoms. The summed E-state index contributed by atoms with van der Waals surface area (Å²) in [6.45, 7) is 1.93. The predicted molar refractivity (Wildman–Crippen MR) is 74.7 cm³/mol. The van der Waals surface area contributed by atoms with E-state index in [0.29, 0.717) is 12.0 Å². The second-order valence-electron chi connectivity index (χ2n) is 3.95. The zero-order chi connectivity index (χ0) is 13.1. The maximum atomic E-state index is 13.7. The summed E-state index contributed by atoms with van der Waals surface area (Å²) in [5, 5.41) is 2.91. The van der Waals surface area contributed by atoms with Gasteiger partial charge in [0.15, 0.2) is 0 Å². The van der Waals surface area contributed by atoms with Crippen LogP contribution in [0.1, 0.15) is 22.3 Å². The third-order valence-electron chi connectivity index (χ3n) is 2.63. The summed E-state index contributed by atoms with van der Waals surface area (Å²) in [5.41, 5.74) is 4.14. The van der Waals surface area contributed by atoms with Crippen LogP contribution in [0.15, 0.2) is 28.1 Å². The summed E-state index contributed by atoms with van der Waals surface area (Å²) in [4.78, 5) is 4.37. The van der Waals surface area contributed by atoms with Gasteiger partial charge in [-0.3, -0.25) is 11.3 Å². The molecule has 6 heteroatoms. The molecule has 1 aromatic heterocycles. The molecule has 0 bridgehead atoms. The fourth-order valence-electron chi connectivity index (χ4n) is 1.71. The molecule has 0 saturated heterocycles. The lowest BCUT2D eigenvalue weighted by molar-refractivity contribution is 0.520. The molecule has 1 heterocycles. The summed E-state index contributed by atoms with van der Waals surface area (Å²) in [7, 11) is 0. The van der Waals surface area contributed by atoms with E-state index in [-0.39, 0.29) is 11.9 Å². The highest BCUT2D eigenvalue weighted by Gasteiger charge is 2.16. The van der Waals surface area contributed by atoms with Crippen LogP contribution in [0.3, 0.4) is 0 Å². The lowest BCUT2D eigenvalue weighted by Gasteiger charge is -2.14. The number of nitrogens with two attached hydrogens (primary N) is 1. The zero-order valence-corrected chi connectivity index (χ0v) is 12.2. The summed E-state index contributed by atoms with van der Waals surface area (Å²) in [5.74, 6) is 5.30. The van der Waals surface area contributed by atoms with Gasteiger partial charge in [-0.2, -0.15) is 0 Å². The van der Waals surface area contributed by atoms with Crippen molar-refractivity contribution in [2.24, 2.45) is 5.84 Å². The first kappa shape index (κ1) is 13.6. The highest BCUT2D eigenvalue weighted by Crippen LogP contribution is 2.23. The molecular formula is C12H13BrFN3S. The molecule has 1 unspecified atom stereocenters. The van der Waals surface area contributed by atoms with Crippen molar-refractivity contribution >= 4 is 27.3 Å². The molecule has 96 valence electrons. The molecular weight excluding hydrogens is 317 g/mol. The van der Waals surface area contributed by atoms with Crippen LogP contribution in [-0.4, -0.2) is 4.98 Å². The molecule has 18 heavy (non-hydrogen) atoms. The Morgan fingerprint density at radius 1 is 1.56 bits per heavy atom. The van der Waals surface area contributed by atoms with Crippen LogP contribution in [0.25, 0.3) is 0 Å². The van der Waals surface area contributed by atoms with E-state index >= 15 is 0 Å². The maximum Gasteiger partial charge on any atom is 0.126 e. The Bertz CT molecular complexity index is 544. The lowest BCUT2D eigenvalue weighted by Crippen LogP contribution is -2.30. The van der Waals surface area contributed by atoms with Gasteiger partial charge in [-0.15, -0.1) is 11.3 Å². The van der Waals surface area contributed by atoms with Crippen LogP contribution < -0.4 is 11.3 Å². The normalized spacial score (nSPS) is 12.7. The Hall–Kier alpha value is -0.820. The molecule has 0 radical (unpaired) electrons. The van der Waals surface area contributed by atoms with E-state index in [9.17, 15) is 4.39 Å². The maximum absolute atomic E-state index is 13.7. The van der Waals surface area contributed by atoms with E-state index in [1.807, 2.05) is 12.3 Å². The molecule has 0 aliphatic carbocycles. The highest BCUT2D eigenvalue weighted by molar-refractivity contribution is 9.10. The molecule has 3 nitrogen and oxygen atoms in total. The molecule has 2 rings (SSSR count). The van der Waals surface area contributed by atoms with E-state index in [0.717, 1.165) is 15.2 Å². The van der Waals surface area contributed by atoms with Crippen LogP contribution in [0.4, 0.5) is 4.39 Å². The van der Waals surface area contributed by atoms with Crippen molar-refractivity contribution in [1.29, 1.82) is 0 Å². The van der Waals surface area contributed by atoms with Gasteiger partial charge < -0.3 is 0 Å². The highest BCUT2D eigenvalue weighted by atomic mass is 79.9. The molecule has 2 aromatic rings. The number of benzene rings is 1. The minimum absolute atomic E-state index is 0.182. The SMILES string of the molecule is Cc1nc(C(Cc2cc(Br)ccc2F)NN)cs1. The van der Waals surface area contributed by atoms with E-state index in [4.69, 9.17) is 5.84 Å². The Balaban J connectivity index is 2.22. The average Bonchev–Trinajstić information content (AvgIpc) is 2.77. The second kappa shape index (κ2) is 5.88. The van der Waals surface area contributed by atoms with Gasteiger partial charge in [0.25, 0.3) is 0 Å². The predicted octanol–water partition coefficient (Wildman–Crippen LogP) is 3.10. The first-order valence-corrected chi connectivity index (χ1v) is 7.09. The average molecular weight is 330 g/mol. The Kier molecular flexibility index (Phi) is 4.45. The number of halogens is 2. The Labute approximate surface area is 117 Å². The van der Waals surface area contributed by atoms with Crippen molar-refractivity contribution in [2.75, 3.05) is 0 Å². The van der Waals surface area contributed by atoms with E-state index < -0.39 is 0 Å². The fourth-order valence-corrected chi connectivity index (χ4v) is 2.78. The van der Waals surface area contributed by atoms with E-state index in [2.05, 4.69) is 26.3 Å². The summed E-state index contributed by atoms with van der Waals surface area (Å²) in [6, 6.07) is 4.70. The third-order valence-corrected chi connectivity index (χ3v) is 3.91. The standard InChI is InChI=1S/C12H13BrFN3S/c1-7-16-12(6-18-7)11(17-15)5-8-4-9(13)2-3-10(8)14/h2-4,6,11,17H,5,15H2,1H3. The zero-order valence-electron chi connectivity index (χ0n) is 9.78. The van der Waals surface area contributed by atoms with Crippen molar-refractivity contribution < 1.29 is 4.39 Å². The Morgan fingerprint density at radius 2 is 2.33 bits per heavy atom. The van der Waals surface area contributed by atoms with Gasteiger partial charge in [-0.25, -0.2) is 9.37 Å². The van der Waals surface area contributed by atoms with Gasteiger partial charge in [0.05, 0.1) is 16.7 Å². The van der Waals surface area contributed by atoms with Crippen molar-refractivity contribution in [2.45, 2.75) is 19.4 Å². The number of rotatable bonds is 4. The molecule has 3 N–H and O–H groups in total. The molecule has 0 fully saturated rings. The Morgan fingerprint density at radius 3 is 2.94 bits per heavy atom. The minimum atomic E-state index is -0.231. The molecule has 0 amide bonds. The summed E-state index contributed by atoms with van der Waals surface area (Å²) >= 11 is 4.89. The second-order valence-corrected chi connectivity index (χ2v) is 5.93. The van der Waals surface area contributed by atoms with Crippen molar-refractivity contribution in [3.8, 4) is 0 Å². The van der Waals surface area contributed by atoms with Crippen LogP contribution in [0.5, 0.6) is 0 Å². The van der Waals surface area contributed by atoms with Crippen molar-refractivity contribution in [1.82, 2.24) is 10.4 Å². The van der Waals surface area contributed by atoms with Gasteiger partial charge >= 0.3 is 0 Å². The summed E-state index contributed by atoms with van der Waals surface area (Å²) < 4.78 is 14.5. The first-order valence-electron chi connectivity index (χ1n) is 5.42. The number of aryl methyl sites for hydroxylation is 1. The first-order chi connectivity index (χ1) is 8.60. The molecule has 1 atom stereocenters. The topological polar surface area (TPSA) is 50.9 Å². The van der Waals surface area contributed by atoms with E-state index in [1.165, 1.54) is 6.07 Å². The number of nitrogens with one attached hydrogen (secondary N) is 1. The molecule has 0 aliphatic heterocycles. The quantitative estimate of drug-likeness (QED) is 0.669. The third kappa shape index (κ3) is 3.14. The number of thiazole rings is 1. The van der Waals surface area contributed by atoms with Crippen molar-refractivity contribution in [3.63, 3.8) is 0 Å². The lowest BCUT2D eigenvalue weighted by atomic mass is 10.0. The largest absolute Gasteiger partial charge is 0.271 e. The number of hydrogen-bond donors (Lipinski definition) is 2. The van der Waals surface area contributed by atoms with Gasteiger partial charge in [-0.05, 0) is 37.1 Å². The fraction of sp³-hybridized carbons (Fsp3) is 0.250. The molecule has 0 saturated carbocycles. The smallest absolute Gasteiger partial charge is 0.126 e. The van der Waals surface area contributed by atoms with Crippen LogP contribution in [0, 0.1) is 12.7 Å². The van der Waals surface area contributed by atoms with Gasteiger partial charge in [0.2, 0.25) is 0 Å². The number of hydrogen-bond acceptors (Lipinski definition) is 4. The monoisotopic (exact) mass is 329 g/mol. The van der Waals surface area contributed by atoms with Crippen LogP contribution in [-0.2, 0) is 6.42 Å². The van der Waals surface area contributed by atoms with Crippen LogP contribution >= 0.6 is 27.3 Å². The van der Waals surface area contributed by atoms with Gasteiger partial charge in [-0.1, -0.05) is 15.9 Å². The number of nitrogens with zero attached hydrogens (tertiary/aromatic N) is 1. The van der Waals surface area contributed by atoms with Crippen molar-refractivity contribution in [3.05, 3.63) is 50.1 Å². The van der Waals surface area contributed by atoms with E-state index in [1.54, 1.807) is 23.5 Å².